The molecular weight excluding hydrogens is 362 g/mol. The predicted molar refractivity (Wildman–Crippen MR) is 117 cm³/mol. The van der Waals surface area contributed by atoms with Gasteiger partial charge in [-0.25, -0.2) is 0 Å². The Morgan fingerprint density at radius 3 is 2.76 bits per heavy atom. The van der Waals surface area contributed by atoms with Crippen molar-refractivity contribution < 1.29 is 9.59 Å². The molecule has 152 valence electrons. The second-order valence-electron chi connectivity index (χ2n) is 7.85. The maximum Gasteiger partial charge on any atom is 0.257 e. The van der Waals surface area contributed by atoms with Gasteiger partial charge in [-0.1, -0.05) is 25.5 Å². The molecule has 2 aromatic carbocycles. The highest BCUT2D eigenvalue weighted by molar-refractivity contribution is 6.08. The molecule has 1 fully saturated rings. The molecular formula is C24H29N3O2. The third-order valence-electron chi connectivity index (χ3n) is 6.08. The molecule has 5 heteroatoms. The molecule has 1 N–H and O–H groups in total. The topological polar surface area (TPSA) is 52.7 Å². The van der Waals surface area contributed by atoms with E-state index in [-0.39, 0.29) is 18.0 Å². The Kier molecular flexibility index (Phi) is 5.56. The minimum atomic E-state index is -0.146. The first-order valence-electron chi connectivity index (χ1n) is 10.7. The van der Waals surface area contributed by atoms with E-state index in [2.05, 4.69) is 30.1 Å². The van der Waals surface area contributed by atoms with Gasteiger partial charge in [-0.2, -0.15) is 0 Å². The zero-order valence-electron chi connectivity index (χ0n) is 17.3. The summed E-state index contributed by atoms with van der Waals surface area (Å²) in [6.07, 6.45) is 5.37. The van der Waals surface area contributed by atoms with Crippen molar-refractivity contribution in [2.45, 2.75) is 52.1 Å². The zero-order valence-corrected chi connectivity index (χ0v) is 17.3. The summed E-state index contributed by atoms with van der Waals surface area (Å²) in [5.74, 6) is -0.0490. The Hall–Kier alpha value is -2.82. The molecule has 0 radical (unpaired) electrons. The normalized spacial score (nSPS) is 18.7. The molecule has 2 aliphatic rings. The fraction of sp³-hybridized carbons (Fsp3) is 0.417. The number of hydrogen-bond acceptors (Lipinski definition) is 3. The molecule has 2 heterocycles. The first-order valence-corrected chi connectivity index (χ1v) is 10.7. The number of anilines is 2. The van der Waals surface area contributed by atoms with Crippen LogP contribution in [-0.4, -0.2) is 36.0 Å². The molecule has 1 saturated heterocycles. The standard InChI is InChI=1S/C24H29N3O2/c1-3-17-9-8-10-19(15-17)25-23(28)18-12-13-20-21(16-18)26(4-2)22-11-6-5-7-14-27(22)24(20)29/h8-10,12-13,15-16,22H,3-7,11,14H2,1-2H3,(H,25,28)/t22-/m1/s1. The quantitative estimate of drug-likeness (QED) is 0.823. The predicted octanol–water partition coefficient (Wildman–Crippen LogP) is 4.68. The third-order valence-corrected chi connectivity index (χ3v) is 6.08. The van der Waals surface area contributed by atoms with Crippen molar-refractivity contribution in [3.05, 3.63) is 59.2 Å². The van der Waals surface area contributed by atoms with E-state index < -0.39 is 0 Å². The van der Waals surface area contributed by atoms with Crippen LogP contribution >= 0.6 is 0 Å². The average molecular weight is 392 g/mol. The number of carbonyl (C=O) groups is 2. The second-order valence-corrected chi connectivity index (χ2v) is 7.85. The Morgan fingerprint density at radius 2 is 1.97 bits per heavy atom. The third kappa shape index (κ3) is 3.74. The van der Waals surface area contributed by atoms with Crippen LogP contribution in [0.2, 0.25) is 0 Å². The smallest absolute Gasteiger partial charge is 0.257 e. The van der Waals surface area contributed by atoms with Gasteiger partial charge >= 0.3 is 0 Å². The van der Waals surface area contributed by atoms with Gasteiger partial charge in [-0.3, -0.25) is 9.59 Å². The molecule has 5 nitrogen and oxygen atoms in total. The van der Waals surface area contributed by atoms with Crippen LogP contribution in [0.4, 0.5) is 11.4 Å². The van der Waals surface area contributed by atoms with E-state index in [0.717, 1.165) is 50.1 Å². The maximum atomic E-state index is 13.1. The van der Waals surface area contributed by atoms with Crippen LogP contribution in [0, 0.1) is 0 Å². The summed E-state index contributed by atoms with van der Waals surface area (Å²) >= 11 is 0. The SMILES string of the molecule is CCc1cccc(NC(=O)c2ccc3c(c2)N(CC)[C@H]2CCCCCN2C3=O)c1. The molecule has 2 amide bonds. The summed E-state index contributed by atoms with van der Waals surface area (Å²) in [7, 11) is 0. The molecule has 4 rings (SSSR count). The molecule has 0 aliphatic carbocycles. The number of benzene rings is 2. The highest BCUT2D eigenvalue weighted by Crippen LogP contribution is 2.35. The van der Waals surface area contributed by atoms with E-state index in [0.29, 0.717) is 11.1 Å². The number of nitrogens with zero attached hydrogens (tertiary/aromatic N) is 2. The highest BCUT2D eigenvalue weighted by Gasteiger charge is 2.37. The highest BCUT2D eigenvalue weighted by atomic mass is 16.2. The first kappa shape index (κ1) is 19.5. The van der Waals surface area contributed by atoms with Crippen molar-refractivity contribution >= 4 is 23.2 Å². The fourth-order valence-electron chi connectivity index (χ4n) is 4.51. The van der Waals surface area contributed by atoms with Crippen molar-refractivity contribution in [1.82, 2.24) is 4.90 Å². The lowest BCUT2D eigenvalue weighted by Crippen LogP contribution is -2.55. The minimum Gasteiger partial charge on any atom is -0.351 e. The molecule has 1 atom stereocenters. The largest absolute Gasteiger partial charge is 0.351 e. The fourth-order valence-corrected chi connectivity index (χ4v) is 4.51. The summed E-state index contributed by atoms with van der Waals surface area (Å²) < 4.78 is 0. The Balaban J connectivity index is 1.64. The number of carbonyl (C=O) groups excluding carboxylic acids is 2. The Morgan fingerprint density at radius 1 is 1.10 bits per heavy atom. The monoisotopic (exact) mass is 391 g/mol. The molecule has 2 aromatic rings. The maximum absolute atomic E-state index is 13.1. The summed E-state index contributed by atoms with van der Waals surface area (Å²) in [5, 5.41) is 3.00. The summed E-state index contributed by atoms with van der Waals surface area (Å²) in [6, 6.07) is 13.4. The first-order chi connectivity index (χ1) is 14.1. The average Bonchev–Trinajstić information content (AvgIpc) is 3.00. The Labute approximate surface area is 172 Å². The van der Waals surface area contributed by atoms with Crippen molar-refractivity contribution in [3.63, 3.8) is 0 Å². The van der Waals surface area contributed by atoms with Crippen LogP contribution in [0.1, 0.15) is 65.8 Å². The van der Waals surface area contributed by atoms with Crippen LogP contribution in [-0.2, 0) is 6.42 Å². The number of rotatable bonds is 4. The zero-order chi connectivity index (χ0) is 20.4. The molecule has 0 saturated carbocycles. The van der Waals surface area contributed by atoms with E-state index in [9.17, 15) is 9.59 Å². The second kappa shape index (κ2) is 8.27. The van der Waals surface area contributed by atoms with Gasteiger partial charge in [0.2, 0.25) is 0 Å². The van der Waals surface area contributed by atoms with Crippen molar-refractivity contribution in [2.75, 3.05) is 23.3 Å². The number of nitrogens with one attached hydrogen (secondary N) is 1. The Bertz CT molecular complexity index is 924. The lowest BCUT2D eigenvalue weighted by atomic mass is 10.0. The number of aryl methyl sites for hydroxylation is 1. The molecule has 0 unspecified atom stereocenters. The van der Waals surface area contributed by atoms with E-state index >= 15 is 0 Å². The summed E-state index contributed by atoms with van der Waals surface area (Å²) in [5.41, 5.74) is 4.15. The van der Waals surface area contributed by atoms with Gasteiger partial charge < -0.3 is 15.1 Å². The number of hydrogen-bond donors (Lipinski definition) is 1. The summed E-state index contributed by atoms with van der Waals surface area (Å²) in [4.78, 5) is 30.3. The van der Waals surface area contributed by atoms with Crippen LogP contribution in [0.15, 0.2) is 42.5 Å². The van der Waals surface area contributed by atoms with Gasteiger partial charge in [0.1, 0.15) is 6.17 Å². The van der Waals surface area contributed by atoms with Gasteiger partial charge in [0.05, 0.1) is 11.3 Å². The molecule has 2 aliphatic heterocycles. The van der Waals surface area contributed by atoms with Crippen LogP contribution < -0.4 is 10.2 Å². The van der Waals surface area contributed by atoms with Crippen molar-refractivity contribution in [2.24, 2.45) is 0 Å². The molecule has 0 aromatic heterocycles. The van der Waals surface area contributed by atoms with Crippen LogP contribution in [0.25, 0.3) is 0 Å². The minimum absolute atomic E-state index is 0.0965. The van der Waals surface area contributed by atoms with Crippen molar-refractivity contribution in [3.8, 4) is 0 Å². The van der Waals surface area contributed by atoms with Gasteiger partial charge in [-0.15, -0.1) is 0 Å². The van der Waals surface area contributed by atoms with Crippen LogP contribution in [0.5, 0.6) is 0 Å². The van der Waals surface area contributed by atoms with Gasteiger partial charge in [0, 0.05) is 24.3 Å². The van der Waals surface area contributed by atoms with Gasteiger partial charge in [-0.05, 0) is 68.5 Å². The van der Waals surface area contributed by atoms with Gasteiger partial charge in [0.15, 0.2) is 0 Å². The number of fused-ring (bicyclic) bond motifs is 2. The van der Waals surface area contributed by atoms with E-state index in [1.165, 1.54) is 12.0 Å². The van der Waals surface area contributed by atoms with Gasteiger partial charge in [0.25, 0.3) is 11.8 Å². The van der Waals surface area contributed by atoms with E-state index in [1.54, 1.807) is 6.07 Å². The molecule has 0 bridgehead atoms. The lowest BCUT2D eigenvalue weighted by molar-refractivity contribution is 0.0656. The van der Waals surface area contributed by atoms with Crippen molar-refractivity contribution in [1.29, 1.82) is 0 Å². The van der Waals surface area contributed by atoms with E-state index in [4.69, 9.17) is 0 Å². The lowest BCUT2D eigenvalue weighted by Gasteiger charge is -2.44. The molecule has 0 spiro atoms. The van der Waals surface area contributed by atoms with E-state index in [1.807, 2.05) is 35.2 Å². The number of amides is 2. The van der Waals surface area contributed by atoms with Crippen LogP contribution in [0.3, 0.4) is 0 Å². The summed E-state index contributed by atoms with van der Waals surface area (Å²) in [6.45, 7) is 5.84. The molecule has 29 heavy (non-hydrogen) atoms.